The topological polar surface area (TPSA) is 49.4 Å². The minimum absolute atomic E-state index is 0. The van der Waals surface area contributed by atoms with Crippen molar-refractivity contribution < 1.29 is 21.6 Å². The first-order chi connectivity index (χ1) is 10.4. The van der Waals surface area contributed by atoms with Gasteiger partial charge in [-0.2, -0.15) is 4.31 Å². The number of halogens is 4. The maximum atomic E-state index is 13.9. The van der Waals surface area contributed by atoms with Gasteiger partial charge in [0.25, 0.3) is 0 Å². The largest absolute Gasteiger partial charge is 0.317 e. The lowest BCUT2D eigenvalue weighted by Gasteiger charge is -2.33. The van der Waals surface area contributed by atoms with Crippen LogP contribution in [0.25, 0.3) is 0 Å². The molecule has 0 saturated carbocycles. The summed E-state index contributed by atoms with van der Waals surface area (Å²) in [4.78, 5) is -0.807. The smallest absolute Gasteiger partial charge is 0.246 e. The van der Waals surface area contributed by atoms with Crippen LogP contribution in [0.2, 0.25) is 0 Å². The summed E-state index contributed by atoms with van der Waals surface area (Å²) in [6, 6.07) is 1.16. The molecule has 9 heteroatoms. The van der Waals surface area contributed by atoms with Gasteiger partial charge in [-0.25, -0.2) is 21.6 Å². The number of nitrogens with one attached hydrogen (secondary N) is 1. The molecule has 2 rings (SSSR count). The molecule has 23 heavy (non-hydrogen) atoms. The van der Waals surface area contributed by atoms with Crippen molar-refractivity contribution in [3.8, 4) is 0 Å². The van der Waals surface area contributed by atoms with Gasteiger partial charge in [0.2, 0.25) is 10.0 Å². The monoisotopic (exact) mass is 372 g/mol. The van der Waals surface area contributed by atoms with E-state index in [1.807, 2.05) is 6.92 Å². The van der Waals surface area contributed by atoms with Crippen LogP contribution in [-0.4, -0.2) is 38.4 Å². The zero-order valence-electron chi connectivity index (χ0n) is 12.7. The van der Waals surface area contributed by atoms with Gasteiger partial charge in [0.1, 0.15) is 4.90 Å². The zero-order valence-corrected chi connectivity index (χ0v) is 14.3. The zero-order chi connectivity index (χ0) is 16.3. The Kier molecular flexibility index (Phi) is 7.31. The molecule has 1 fully saturated rings. The van der Waals surface area contributed by atoms with Gasteiger partial charge in [-0.3, -0.25) is 0 Å². The Morgan fingerprint density at radius 2 is 1.78 bits per heavy atom. The molecule has 1 saturated heterocycles. The minimum Gasteiger partial charge on any atom is -0.317 e. The van der Waals surface area contributed by atoms with Crippen molar-refractivity contribution in [1.29, 1.82) is 0 Å². The first kappa shape index (κ1) is 20.2. The maximum absolute atomic E-state index is 13.9. The average molecular weight is 373 g/mol. The quantitative estimate of drug-likeness (QED) is 0.808. The predicted octanol–water partition coefficient (Wildman–Crippen LogP) is 2.68. The fourth-order valence-corrected chi connectivity index (χ4v) is 4.48. The molecule has 0 amide bonds. The van der Waals surface area contributed by atoms with Gasteiger partial charge in [0, 0.05) is 12.6 Å². The molecule has 0 spiro atoms. The Labute approximate surface area is 140 Å². The van der Waals surface area contributed by atoms with Crippen molar-refractivity contribution in [2.24, 2.45) is 0 Å². The lowest BCUT2D eigenvalue weighted by atomic mass is 10.1. The SMILES string of the molecule is CCCN(C1CCNCC1)S(=O)(=O)c1ccc(F)c(F)c1F.Cl. The molecule has 1 aliphatic heterocycles. The van der Waals surface area contributed by atoms with E-state index < -0.39 is 32.4 Å². The lowest BCUT2D eigenvalue weighted by Crippen LogP contribution is -2.46. The first-order valence-electron chi connectivity index (χ1n) is 7.25. The van der Waals surface area contributed by atoms with Gasteiger partial charge in [0.05, 0.1) is 0 Å². The van der Waals surface area contributed by atoms with Crippen LogP contribution < -0.4 is 5.32 Å². The Hall–Kier alpha value is -0.830. The molecule has 1 aliphatic rings. The third-order valence-electron chi connectivity index (χ3n) is 3.75. The third-order valence-corrected chi connectivity index (χ3v) is 5.72. The second-order valence-corrected chi connectivity index (χ2v) is 7.13. The standard InChI is InChI=1S/C14H19F3N2O2S.ClH/c1-2-9-19(10-5-7-18-8-6-10)22(20,21)12-4-3-11(15)13(16)14(12)17;/h3-4,10,18H,2,5-9H2,1H3;1H. The van der Waals surface area contributed by atoms with Crippen molar-refractivity contribution in [3.63, 3.8) is 0 Å². The van der Waals surface area contributed by atoms with Crippen LogP contribution in [0, 0.1) is 17.5 Å². The van der Waals surface area contributed by atoms with Crippen LogP contribution in [0.1, 0.15) is 26.2 Å². The van der Waals surface area contributed by atoms with Gasteiger partial charge in [-0.05, 0) is 44.5 Å². The van der Waals surface area contributed by atoms with Crippen LogP contribution in [0.15, 0.2) is 17.0 Å². The van der Waals surface area contributed by atoms with Gasteiger partial charge in [-0.1, -0.05) is 6.92 Å². The number of rotatable bonds is 5. The van der Waals surface area contributed by atoms with Crippen molar-refractivity contribution >= 4 is 22.4 Å². The van der Waals surface area contributed by atoms with Crippen molar-refractivity contribution in [1.82, 2.24) is 9.62 Å². The Bertz CT molecular complexity index is 637. The van der Waals surface area contributed by atoms with Gasteiger partial charge < -0.3 is 5.32 Å². The number of hydrogen-bond donors (Lipinski definition) is 1. The molecule has 0 radical (unpaired) electrons. The normalized spacial score (nSPS) is 16.4. The van der Waals surface area contributed by atoms with Gasteiger partial charge in [0.15, 0.2) is 17.5 Å². The molecule has 1 aromatic rings. The highest BCUT2D eigenvalue weighted by atomic mass is 35.5. The Morgan fingerprint density at radius 3 is 2.35 bits per heavy atom. The highest BCUT2D eigenvalue weighted by Crippen LogP contribution is 2.26. The van der Waals surface area contributed by atoms with E-state index in [1.165, 1.54) is 4.31 Å². The number of sulfonamides is 1. The first-order valence-corrected chi connectivity index (χ1v) is 8.69. The summed E-state index contributed by atoms with van der Waals surface area (Å²) < 4.78 is 66.9. The maximum Gasteiger partial charge on any atom is 0.246 e. The molecule has 1 heterocycles. The highest BCUT2D eigenvalue weighted by Gasteiger charge is 2.34. The van der Waals surface area contributed by atoms with E-state index >= 15 is 0 Å². The molecule has 0 aromatic heterocycles. The molecule has 1 N–H and O–H groups in total. The minimum atomic E-state index is -4.21. The third kappa shape index (κ3) is 4.17. The van der Waals surface area contributed by atoms with E-state index in [9.17, 15) is 21.6 Å². The highest BCUT2D eigenvalue weighted by molar-refractivity contribution is 7.89. The molecule has 0 unspecified atom stereocenters. The molecule has 4 nitrogen and oxygen atoms in total. The van der Waals surface area contributed by atoms with Crippen LogP contribution in [0.4, 0.5) is 13.2 Å². The summed E-state index contributed by atoms with van der Waals surface area (Å²) >= 11 is 0. The summed E-state index contributed by atoms with van der Waals surface area (Å²) in [5.74, 6) is -4.82. The van der Waals surface area contributed by atoms with E-state index in [2.05, 4.69) is 5.32 Å². The lowest BCUT2D eigenvalue weighted by molar-refractivity contribution is 0.261. The molecule has 1 aromatic carbocycles. The van der Waals surface area contributed by atoms with Gasteiger partial charge >= 0.3 is 0 Å². The van der Waals surface area contributed by atoms with E-state index in [4.69, 9.17) is 0 Å². The summed E-state index contributed by atoms with van der Waals surface area (Å²) in [7, 11) is -4.21. The van der Waals surface area contributed by atoms with Crippen LogP contribution in [0.3, 0.4) is 0 Å². The average Bonchev–Trinajstić information content (AvgIpc) is 2.50. The van der Waals surface area contributed by atoms with Crippen molar-refractivity contribution in [3.05, 3.63) is 29.6 Å². The number of hydrogen-bond acceptors (Lipinski definition) is 3. The molecular weight excluding hydrogens is 353 g/mol. The second-order valence-electron chi connectivity index (χ2n) is 5.27. The van der Waals surface area contributed by atoms with Gasteiger partial charge in [-0.15, -0.1) is 12.4 Å². The Morgan fingerprint density at radius 1 is 1.17 bits per heavy atom. The van der Waals surface area contributed by atoms with E-state index in [1.54, 1.807) is 0 Å². The van der Waals surface area contributed by atoms with Crippen LogP contribution in [0.5, 0.6) is 0 Å². The summed E-state index contributed by atoms with van der Waals surface area (Å²) in [5, 5.41) is 3.13. The summed E-state index contributed by atoms with van der Waals surface area (Å²) in [6.45, 7) is 3.36. The van der Waals surface area contributed by atoms with E-state index in [-0.39, 0.29) is 25.0 Å². The number of nitrogens with zero attached hydrogens (tertiary/aromatic N) is 1. The molecular formula is C14H20ClF3N2O2S. The fraction of sp³-hybridized carbons (Fsp3) is 0.571. The van der Waals surface area contributed by atoms with E-state index in [0.717, 1.165) is 6.07 Å². The van der Waals surface area contributed by atoms with Crippen molar-refractivity contribution in [2.45, 2.75) is 37.1 Å². The van der Waals surface area contributed by atoms with Crippen LogP contribution in [-0.2, 0) is 10.0 Å². The summed E-state index contributed by atoms with van der Waals surface area (Å²) in [5.41, 5.74) is 0. The molecule has 0 bridgehead atoms. The molecule has 132 valence electrons. The fourth-order valence-electron chi connectivity index (χ4n) is 2.65. The van der Waals surface area contributed by atoms with E-state index in [0.29, 0.717) is 38.4 Å². The van der Waals surface area contributed by atoms with Crippen LogP contribution >= 0.6 is 12.4 Å². The molecule has 0 aliphatic carbocycles. The summed E-state index contributed by atoms with van der Waals surface area (Å²) in [6.07, 6.45) is 1.75. The number of benzene rings is 1. The second kappa shape index (κ2) is 8.32. The molecule has 0 atom stereocenters. The number of piperidine rings is 1. The Balaban J connectivity index is 0.00000264. The predicted molar refractivity (Wildman–Crippen MR) is 83.6 cm³/mol. The van der Waals surface area contributed by atoms with Crippen molar-refractivity contribution in [2.75, 3.05) is 19.6 Å².